The Labute approximate surface area is 129 Å². The number of hydrogen-bond donors (Lipinski definition) is 2. The number of halogens is 2. The van der Waals surface area contributed by atoms with E-state index in [9.17, 15) is 13.2 Å². The minimum atomic E-state index is -4.01. The van der Waals surface area contributed by atoms with Crippen LogP contribution in [0.3, 0.4) is 0 Å². The van der Waals surface area contributed by atoms with Gasteiger partial charge in [-0.25, -0.2) is 27.9 Å². The van der Waals surface area contributed by atoms with E-state index in [2.05, 4.69) is 14.7 Å². The Morgan fingerprint density at radius 2 is 1.95 bits per heavy atom. The fourth-order valence-corrected chi connectivity index (χ4v) is 2.84. The molecule has 1 heterocycles. The zero-order valence-electron chi connectivity index (χ0n) is 10.1. The lowest BCUT2D eigenvalue weighted by molar-refractivity contribution is 0.0697. The van der Waals surface area contributed by atoms with Crippen LogP contribution in [0.2, 0.25) is 10.2 Å². The standard InChI is InChI=1S/C11H7Cl2N3O4S/c12-8-5-6(1-2-7(8)10(17)18)21(19,20)16-11-14-4-3-9(13)15-11/h1-5H,(H,17,18)(H,14,15,16). The summed E-state index contributed by atoms with van der Waals surface area (Å²) >= 11 is 11.4. The summed E-state index contributed by atoms with van der Waals surface area (Å²) in [6.07, 6.45) is 1.29. The summed E-state index contributed by atoms with van der Waals surface area (Å²) in [5.74, 6) is -1.46. The highest BCUT2D eigenvalue weighted by Gasteiger charge is 2.19. The van der Waals surface area contributed by atoms with Gasteiger partial charge >= 0.3 is 5.97 Å². The van der Waals surface area contributed by atoms with Gasteiger partial charge in [-0.1, -0.05) is 23.2 Å². The minimum Gasteiger partial charge on any atom is -0.478 e. The van der Waals surface area contributed by atoms with Gasteiger partial charge in [0.05, 0.1) is 15.5 Å². The van der Waals surface area contributed by atoms with Gasteiger partial charge in [-0.3, -0.25) is 0 Å². The van der Waals surface area contributed by atoms with E-state index in [1.807, 2.05) is 0 Å². The highest BCUT2D eigenvalue weighted by Crippen LogP contribution is 2.22. The second-order valence-corrected chi connectivity index (χ2v) is 6.23. The number of sulfonamides is 1. The molecule has 0 aliphatic carbocycles. The first kappa shape index (κ1) is 15.5. The quantitative estimate of drug-likeness (QED) is 0.821. The Kier molecular flexibility index (Phi) is 4.31. The number of hydrogen-bond acceptors (Lipinski definition) is 5. The highest BCUT2D eigenvalue weighted by molar-refractivity contribution is 7.92. The number of nitrogens with one attached hydrogen (secondary N) is 1. The number of aromatic nitrogens is 2. The summed E-state index contributed by atoms with van der Waals surface area (Å²) in [6.45, 7) is 0. The molecular weight excluding hydrogens is 341 g/mol. The predicted octanol–water partition coefficient (Wildman–Crippen LogP) is 2.28. The van der Waals surface area contributed by atoms with Gasteiger partial charge in [0, 0.05) is 6.20 Å². The van der Waals surface area contributed by atoms with Crippen LogP contribution in [0.15, 0.2) is 35.4 Å². The largest absolute Gasteiger partial charge is 0.478 e. The maximum atomic E-state index is 12.1. The molecule has 1 aromatic carbocycles. The molecule has 0 bridgehead atoms. The molecule has 0 saturated heterocycles. The van der Waals surface area contributed by atoms with Gasteiger partial charge in [0.25, 0.3) is 10.0 Å². The van der Waals surface area contributed by atoms with E-state index in [-0.39, 0.29) is 26.6 Å². The van der Waals surface area contributed by atoms with Gasteiger partial charge < -0.3 is 5.11 Å². The van der Waals surface area contributed by atoms with Gasteiger partial charge in [-0.05, 0) is 24.3 Å². The number of carboxylic acid groups (broad SMARTS) is 1. The number of nitrogens with zero attached hydrogens (tertiary/aromatic N) is 2. The van der Waals surface area contributed by atoms with E-state index in [1.54, 1.807) is 0 Å². The summed E-state index contributed by atoms with van der Waals surface area (Å²) in [7, 11) is -4.01. The second kappa shape index (κ2) is 5.84. The number of anilines is 1. The van der Waals surface area contributed by atoms with Crippen LogP contribution in [-0.2, 0) is 10.0 Å². The monoisotopic (exact) mass is 347 g/mol. The molecule has 21 heavy (non-hydrogen) atoms. The topological polar surface area (TPSA) is 109 Å². The lowest BCUT2D eigenvalue weighted by atomic mass is 10.2. The Balaban J connectivity index is 2.36. The molecule has 0 aliphatic heterocycles. The van der Waals surface area contributed by atoms with Crippen LogP contribution in [-0.4, -0.2) is 29.5 Å². The Bertz CT molecular complexity index is 811. The van der Waals surface area contributed by atoms with Crippen LogP contribution in [0.5, 0.6) is 0 Å². The van der Waals surface area contributed by atoms with E-state index >= 15 is 0 Å². The average molecular weight is 348 g/mol. The summed E-state index contributed by atoms with van der Waals surface area (Å²) in [5.41, 5.74) is -0.199. The van der Waals surface area contributed by atoms with Crippen molar-refractivity contribution >= 4 is 45.1 Å². The van der Waals surface area contributed by atoms with Gasteiger partial charge in [-0.2, -0.15) is 0 Å². The Hall–Kier alpha value is -1.90. The highest BCUT2D eigenvalue weighted by atomic mass is 35.5. The Morgan fingerprint density at radius 1 is 1.24 bits per heavy atom. The van der Waals surface area contributed by atoms with Crippen molar-refractivity contribution in [2.24, 2.45) is 0 Å². The van der Waals surface area contributed by atoms with Crippen molar-refractivity contribution in [3.05, 3.63) is 46.2 Å². The maximum absolute atomic E-state index is 12.1. The molecule has 0 spiro atoms. The van der Waals surface area contributed by atoms with Crippen molar-refractivity contribution in [3.63, 3.8) is 0 Å². The van der Waals surface area contributed by atoms with Gasteiger partial charge in [0.1, 0.15) is 5.15 Å². The predicted molar refractivity (Wildman–Crippen MR) is 76.3 cm³/mol. The third-order valence-corrected chi connectivity index (χ3v) is 4.18. The molecule has 0 saturated carbocycles. The van der Waals surface area contributed by atoms with Gasteiger partial charge in [-0.15, -0.1) is 0 Å². The maximum Gasteiger partial charge on any atom is 0.337 e. The fraction of sp³-hybridized carbons (Fsp3) is 0. The number of carboxylic acids is 1. The summed E-state index contributed by atoms with van der Waals surface area (Å²) in [6, 6.07) is 4.62. The first-order chi connectivity index (χ1) is 9.79. The van der Waals surface area contributed by atoms with Crippen LogP contribution < -0.4 is 4.72 Å². The van der Waals surface area contributed by atoms with Gasteiger partial charge in [0.15, 0.2) is 0 Å². The molecule has 0 radical (unpaired) electrons. The molecule has 0 aliphatic rings. The molecule has 110 valence electrons. The molecule has 7 nitrogen and oxygen atoms in total. The van der Waals surface area contributed by atoms with Crippen LogP contribution in [0.1, 0.15) is 10.4 Å². The molecule has 2 aromatic rings. The first-order valence-corrected chi connectivity index (χ1v) is 7.58. The van der Waals surface area contributed by atoms with Crippen molar-refractivity contribution in [1.29, 1.82) is 0 Å². The lowest BCUT2D eigenvalue weighted by Crippen LogP contribution is -2.15. The summed E-state index contributed by atoms with van der Waals surface area (Å²) in [5, 5.41) is 8.72. The van der Waals surface area contributed by atoms with Crippen LogP contribution in [0.25, 0.3) is 0 Å². The number of benzene rings is 1. The number of carbonyl (C=O) groups is 1. The number of rotatable bonds is 4. The van der Waals surface area contributed by atoms with Crippen LogP contribution >= 0.6 is 23.2 Å². The zero-order chi connectivity index (χ0) is 15.6. The van der Waals surface area contributed by atoms with E-state index in [0.717, 1.165) is 18.2 Å². The molecule has 2 N–H and O–H groups in total. The third kappa shape index (κ3) is 3.60. The molecule has 0 amide bonds. The van der Waals surface area contributed by atoms with Crippen molar-refractivity contribution < 1.29 is 18.3 Å². The van der Waals surface area contributed by atoms with Crippen LogP contribution in [0.4, 0.5) is 5.95 Å². The average Bonchev–Trinajstić information content (AvgIpc) is 2.37. The first-order valence-electron chi connectivity index (χ1n) is 5.34. The normalized spacial score (nSPS) is 11.1. The summed E-state index contributed by atoms with van der Waals surface area (Å²) in [4.78, 5) is 18.0. The third-order valence-electron chi connectivity index (χ3n) is 2.33. The second-order valence-electron chi connectivity index (χ2n) is 3.76. The van der Waals surface area contributed by atoms with E-state index in [0.29, 0.717) is 0 Å². The van der Waals surface area contributed by atoms with Gasteiger partial charge in [0.2, 0.25) is 5.95 Å². The van der Waals surface area contributed by atoms with E-state index < -0.39 is 16.0 Å². The van der Waals surface area contributed by atoms with E-state index in [4.69, 9.17) is 28.3 Å². The Morgan fingerprint density at radius 3 is 2.52 bits per heavy atom. The molecule has 0 fully saturated rings. The molecule has 1 aromatic heterocycles. The van der Waals surface area contributed by atoms with Crippen LogP contribution in [0, 0.1) is 0 Å². The van der Waals surface area contributed by atoms with Crippen molar-refractivity contribution in [2.45, 2.75) is 4.90 Å². The smallest absolute Gasteiger partial charge is 0.337 e. The lowest BCUT2D eigenvalue weighted by Gasteiger charge is -2.07. The SMILES string of the molecule is O=C(O)c1ccc(S(=O)(=O)Nc2nccc(Cl)n2)cc1Cl. The van der Waals surface area contributed by atoms with Crippen molar-refractivity contribution in [2.75, 3.05) is 4.72 Å². The molecule has 0 unspecified atom stereocenters. The van der Waals surface area contributed by atoms with Crippen molar-refractivity contribution in [3.8, 4) is 0 Å². The van der Waals surface area contributed by atoms with E-state index in [1.165, 1.54) is 12.3 Å². The minimum absolute atomic E-state index is 0.0713. The molecular formula is C11H7Cl2N3O4S. The van der Waals surface area contributed by atoms with Crippen molar-refractivity contribution in [1.82, 2.24) is 9.97 Å². The molecule has 10 heteroatoms. The number of aromatic carboxylic acids is 1. The zero-order valence-corrected chi connectivity index (χ0v) is 12.4. The summed E-state index contributed by atoms with van der Waals surface area (Å²) < 4.78 is 26.3. The molecule has 0 atom stereocenters. The fourth-order valence-electron chi connectivity index (χ4n) is 1.40. The molecule has 2 rings (SSSR count).